The molecule has 94 valence electrons. The fourth-order valence-corrected chi connectivity index (χ4v) is 1.37. The molecule has 6 nitrogen and oxygen atoms in total. The van der Waals surface area contributed by atoms with Crippen molar-refractivity contribution in [3.8, 4) is 6.07 Å². The Labute approximate surface area is 99.5 Å². The number of nitriles is 1. The minimum Gasteiger partial charge on any atom is -0.468 e. The van der Waals surface area contributed by atoms with Crippen molar-refractivity contribution >= 4 is 11.7 Å². The van der Waals surface area contributed by atoms with Gasteiger partial charge in [0.15, 0.2) is 5.92 Å². The van der Waals surface area contributed by atoms with Gasteiger partial charge in [-0.25, -0.2) is 4.39 Å². The minimum atomic E-state index is -1.76. The molecule has 0 spiro atoms. The Morgan fingerprint density at radius 3 is 2.61 bits per heavy atom. The zero-order valence-electron chi connectivity index (χ0n) is 9.02. The van der Waals surface area contributed by atoms with E-state index in [4.69, 9.17) is 5.26 Å². The number of nitro benzene ring substituents is 1. The maximum atomic E-state index is 13.3. The van der Waals surface area contributed by atoms with Gasteiger partial charge in [0.25, 0.3) is 0 Å². The molecule has 1 atom stereocenters. The van der Waals surface area contributed by atoms with Crippen LogP contribution in [-0.4, -0.2) is 18.0 Å². The van der Waals surface area contributed by atoms with E-state index >= 15 is 0 Å². The van der Waals surface area contributed by atoms with E-state index in [2.05, 4.69) is 4.74 Å². The Bertz CT molecular complexity index is 554. The van der Waals surface area contributed by atoms with Crippen molar-refractivity contribution in [1.82, 2.24) is 0 Å². The SMILES string of the molecule is COC(=O)C(C#N)c1cc(F)cc(F)c1[N+](=O)[O-]. The van der Waals surface area contributed by atoms with Crippen molar-refractivity contribution in [1.29, 1.82) is 5.26 Å². The van der Waals surface area contributed by atoms with Crippen LogP contribution < -0.4 is 0 Å². The van der Waals surface area contributed by atoms with Gasteiger partial charge < -0.3 is 4.74 Å². The number of methoxy groups -OCH3 is 1. The number of hydrogen-bond donors (Lipinski definition) is 0. The Morgan fingerprint density at radius 2 is 2.17 bits per heavy atom. The lowest BCUT2D eigenvalue weighted by Crippen LogP contribution is -2.15. The molecule has 0 fully saturated rings. The number of rotatable bonds is 3. The lowest BCUT2D eigenvalue weighted by atomic mass is 9.98. The van der Waals surface area contributed by atoms with Crippen LogP contribution in [0.25, 0.3) is 0 Å². The molecule has 0 aliphatic carbocycles. The maximum Gasteiger partial charge on any atom is 0.327 e. The summed E-state index contributed by atoms with van der Waals surface area (Å²) in [6.45, 7) is 0. The summed E-state index contributed by atoms with van der Waals surface area (Å²) in [5.74, 6) is -5.48. The molecule has 0 heterocycles. The summed E-state index contributed by atoms with van der Waals surface area (Å²) in [6.07, 6.45) is 0. The first-order valence-electron chi connectivity index (χ1n) is 4.53. The van der Waals surface area contributed by atoms with Crippen molar-refractivity contribution < 1.29 is 23.2 Å². The van der Waals surface area contributed by atoms with E-state index in [0.717, 1.165) is 7.11 Å². The van der Waals surface area contributed by atoms with Crippen LogP contribution in [0, 0.1) is 33.1 Å². The monoisotopic (exact) mass is 256 g/mol. The van der Waals surface area contributed by atoms with Gasteiger partial charge in [0.05, 0.1) is 23.7 Å². The van der Waals surface area contributed by atoms with Gasteiger partial charge in [-0.15, -0.1) is 0 Å². The Hall–Kier alpha value is -2.56. The Morgan fingerprint density at radius 1 is 1.56 bits per heavy atom. The molecule has 0 amide bonds. The predicted octanol–water partition coefficient (Wildman–Crippen LogP) is 1.65. The van der Waals surface area contributed by atoms with E-state index < -0.39 is 39.7 Å². The number of carbonyl (C=O) groups is 1. The van der Waals surface area contributed by atoms with Crippen molar-refractivity contribution in [2.45, 2.75) is 5.92 Å². The van der Waals surface area contributed by atoms with Gasteiger partial charge in [-0.2, -0.15) is 9.65 Å². The number of carbonyl (C=O) groups excluding carboxylic acids is 1. The second-order valence-corrected chi connectivity index (χ2v) is 3.17. The topological polar surface area (TPSA) is 93.2 Å². The molecule has 0 N–H and O–H groups in total. The molecule has 0 aromatic heterocycles. The molecule has 1 aromatic carbocycles. The van der Waals surface area contributed by atoms with Gasteiger partial charge in [0.1, 0.15) is 5.82 Å². The largest absolute Gasteiger partial charge is 0.468 e. The average Bonchev–Trinajstić information content (AvgIpc) is 2.28. The molecule has 1 aromatic rings. The van der Waals surface area contributed by atoms with Crippen LogP contribution >= 0.6 is 0 Å². The molecule has 18 heavy (non-hydrogen) atoms. The van der Waals surface area contributed by atoms with Crippen LogP contribution in [0.15, 0.2) is 12.1 Å². The van der Waals surface area contributed by atoms with E-state index in [1.165, 1.54) is 6.07 Å². The molecule has 0 bridgehead atoms. The number of hydrogen-bond acceptors (Lipinski definition) is 5. The van der Waals surface area contributed by atoms with Crippen LogP contribution in [0.2, 0.25) is 0 Å². The molecule has 0 aliphatic heterocycles. The van der Waals surface area contributed by atoms with E-state index in [0.29, 0.717) is 12.1 Å². The third-order valence-electron chi connectivity index (χ3n) is 2.12. The molecule has 0 aliphatic rings. The standard InChI is InChI=1S/C10H6F2N2O4/c1-18-10(15)7(4-13)6-2-5(11)3-8(12)9(6)14(16)17/h2-3,7H,1H3. The summed E-state index contributed by atoms with van der Waals surface area (Å²) in [4.78, 5) is 20.8. The lowest BCUT2D eigenvalue weighted by molar-refractivity contribution is -0.388. The third kappa shape index (κ3) is 2.40. The Balaban J connectivity index is 3.52. The van der Waals surface area contributed by atoms with E-state index in [-0.39, 0.29) is 0 Å². The van der Waals surface area contributed by atoms with Crippen LogP contribution in [-0.2, 0) is 9.53 Å². The zero-order chi connectivity index (χ0) is 13.9. The highest BCUT2D eigenvalue weighted by atomic mass is 19.1. The fourth-order valence-electron chi connectivity index (χ4n) is 1.37. The molecule has 0 saturated heterocycles. The lowest BCUT2D eigenvalue weighted by Gasteiger charge is -2.08. The molecular formula is C10H6F2N2O4. The van der Waals surface area contributed by atoms with Gasteiger partial charge >= 0.3 is 11.7 Å². The van der Waals surface area contributed by atoms with Crippen LogP contribution in [0.5, 0.6) is 0 Å². The summed E-state index contributed by atoms with van der Waals surface area (Å²) in [6, 6.07) is 2.27. The van der Waals surface area contributed by atoms with Crippen LogP contribution in [0.3, 0.4) is 0 Å². The first-order chi connectivity index (χ1) is 8.42. The number of esters is 1. The number of nitro groups is 1. The van der Waals surface area contributed by atoms with Gasteiger partial charge in [0, 0.05) is 6.07 Å². The number of nitrogens with zero attached hydrogens (tertiary/aromatic N) is 2. The van der Waals surface area contributed by atoms with Crippen molar-refractivity contribution in [3.63, 3.8) is 0 Å². The van der Waals surface area contributed by atoms with Gasteiger partial charge in [-0.1, -0.05) is 0 Å². The highest BCUT2D eigenvalue weighted by Gasteiger charge is 2.32. The molecule has 8 heteroatoms. The van der Waals surface area contributed by atoms with E-state index in [1.807, 2.05) is 0 Å². The molecular weight excluding hydrogens is 250 g/mol. The third-order valence-corrected chi connectivity index (χ3v) is 2.12. The first kappa shape index (κ1) is 13.5. The maximum absolute atomic E-state index is 13.3. The first-order valence-corrected chi connectivity index (χ1v) is 4.53. The normalized spacial score (nSPS) is 11.4. The van der Waals surface area contributed by atoms with Crippen molar-refractivity contribution in [2.24, 2.45) is 0 Å². The second kappa shape index (κ2) is 5.18. The quantitative estimate of drug-likeness (QED) is 0.465. The highest BCUT2D eigenvalue weighted by molar-refractivity contribution is 5.82. The molecule has 1 rings (SSSR count). The highest BCUT2D eigenvalue weighted by Crippen LogP contribution is 2.30. The fraction of sp³-hybridized carbons (Fsp3) is 0.200. The summed E-state index contributed by atoms with van der Waals surface area (Å²) in [7, 11) is 0.953. The van der Waals surface area contributed by atoms with E-state index in [1.54, 1.807) is 0 Å². The second-order valence-electron chi connectivity index (χ2n) is 3.17. The van der Waals surface area contributed by atoms with Gasteiger partial charge in [-0.05, 0) is 6.07 Å². The van der Waals surface area contributed by atoms with Crippen LogP contribution in [0.1, 0.15) is 11.5 Å². The summed E-state index contributed by atoms with van der Waals surface area (Å²) < 4.78 is 30.5. The van der Waals surface area contributed by atoms with Crippen LogP contribution in [0.4, 0.5) is 14.5 Å². The smallest absolute Gasteiger partial charge is 0.327 e. The molecule has 1 unspecified atom stereocenters. The number of ether oxygens (including phenoxy) is 1. The van der Waals surface area contributed by atoms with E-state index in [9.17, 15) is 23.7 Å². The van der Waals surface area contributed by atoms with Gasteiger partial charge in [-0.3, -0.25) is 14.9 Å². The van der Waals surface area contributed by atoms with Crippen molar-refractivity contribution in [3.05, 3.63) is 39.4 Å². The molecule has 0 radical (unpaired) electrons. The number of halogens is 2. The molecule has 0 saturated carbocycles. The van der Waals surface area contributed by atoms with Crippen molar-refractivity contribution in [2.75, 3.05) is 7.11 Å². The minimum absolute atomic E-state index is 0.299. The zero-order valence-corrected chi connectivity index (χ0v) is 9.02. The average molecular weight is 256 g/mol. The number of benzene rings is 1. The van der Waals surface area contributed by atoms with Gasteiger partial charge in [0.2, 0.25) is 5.82 Å². The Kier molecular flexibility index (Phi) is 3.89. The summed E-state index contributed by atoms with van der Waals surface area (Å²) >= 11 is 0. The predicted molar refractivity (Wildman–Crippen MR) is 53.4 cm³/mol. The summed E-state index contributed by atoms with van der Waals surface area (Å²) in [5, 5.41) is 19.4. The summed E-state index contributed by atoms with van der Waals surface area (Å²) in [5.41, 5.74) is -1.79.